The summed E-state index contributed by atoms with van der Waals surface area (Å²) in [6, 6.07) is 17.0. The number of ether oxygens (including phenoxy) is 1. The van der Waals surface area contributed by atoms with Crippen molar-refractivity contribution in [1.82, 2.24) is 15.4 Å². The molecule has 35 heavy (non-hydrogen) atoms. The van der Waals surface area contributed by atoms with Crippen molar-refractivity contribution in [3.05, 3.63) is 71.9 Å². The summed E-state index contributed by atoms with van der Waals surface area (Å²) in [6.45, 7) is 0.948. The number of carbonyl (C=O) groups excluding carboxylic acids is 2. The average Bonchev–Trinajstić information content (AvgIpc) is 3.29. The minimum atomic E-state index is -0.601. The summed E-state index contributed by atoms with van der Waals surface area (Å²) in [5, 5.41) is 10.4. The van der Waals surface area contributed by atoms with Crippen molar-refractivity contribution >= 4 is 22.7 Å². The van der Waals surface area contributed by atoms with Crippen LogP contribution in [-0.4, -0.2) is 39.5 Å². The summed E-state index contributed by atoms with van der Waals surface area (Å²) in [5.41, 5.74) is 4.74. The molecule has 0 radical (unpaired) electrons. The van der Waals surface area contributed by atoms with E-state index in [0.717, 1.165) is 59.9 Å². The van der Waals surface area contributed by atoms with E-state index < -0.39 is 11.9 Å². The van der Waals surface area contributed by atoms with E-state index in [-0.39, 0.29) is 17.7 Å². The number of amides is 2. The molecule has 7 nitrogen and oxygen atoms in total. The van der Waals surface area contributed by atoms with Crippen LogP contribution in [0.1, 0.15) is 55.6 Å². The van der Waals surface area contributed by atoms with Crippen LogP contribution >= 0.6 is 0 Å². The van der Waals surface area contributed by atoms with Crippen molar-refractivity contribution in [2.45, 2.75) is 57.1 Å². The number of para-hydroxylation sites is 1. The molecule has 1 aliphatic carbocycles. The maximum absolute atomic E-state index is 13.4. The highest BCUT2D eigenvalue weighted by Crippen LogP contribution is 2.36. The van der Waals surface area contributed by atoms with Crippen LogP contribution in [0.25, 0.3) is 10.9 Å². The number of nitrogens with one attached hydrogen (secondary N) is 1. The first-order valence-corrected chi connectivity index (χ1v) is 12.5. The summed E-state index contributed by atoms with van der Waals surface area (Å²) in [7, 11) is 0. The minimum absolute atomic E-state index is 0.0407. The number of fused-ring (bicyclic) bond motifs is 1. The smallest absolute Gasteiger partial charge is 0.266 e. The topological polar surface area (TPSA) is 91.8 Å². The van der Waals surface area contributed by atoms with Crippen LogP contribution in [0.15, 0.2) is 60.8 Å². The molecule has 1 aromatic heterocycles. The highest BCUT2D eigenvalue weighted by molar-refractivity contribution is 5.92. The average molecular weight is 474 g/mol. The molecule has 1 saturated carbocycles. The lowest BCUT2D eigenvalue weighted by Crippen LogP contribution is -2.51. The van der Waals surface area contributed by atoms with Gasteiger partial charge in [0.2, 0.25) is 5.91 Å². The number of likely N-dealkylation sites (tertiary alicyclic amines) is 1. The van der Waals surface area contributed by atoms with Crippen LogP contribution in [-0.2, 0) is 16.2 Å². The predicted molar refractivity (Wildman–Crippen MR) is 132 cm³/mol. The number of benzene rings is 2. The lowest BCUT2D eigenvalue weighted by molar-refractivity contribution is -0.145. The maximum Gasteiger partial charge on any atom is 0.266 e. The van der Waals surface area contributed by atoms with Crippen LogP contribution in [0.3, 0.4) is 0 Å². The number of pyridine rings is 1. The Bertz CT molecular complexity index is 1190. The van der Waals surface area contributed by atoms with E-state index in [9.17, 15) is 14.8 Å². The molecule has 2 atom stereocenters. The number of hydroxylamine groups is 1. The van der Waals surface area contributed by atoms with Gasteiger partial charge in [0.05, 0.1) is 11.4 Å². The summed E-state index contributed by atoms with van der Waals surface area (Å²) in [4.78, 5) is 32.0. The first-order chi connectivity index (χ1) is 17.2. The van der Waals surface area contributed by atoms with E-state index in [2.05, 4.69) is 4.98 Å². The van der Waals surface area contributed by atoms with Gasteiger partial charge in [-0.3, -0.25) is 19.8 Å². The number of nitrogens with zero attached hydrogens (tertiary/aromatic N) is 2. The van der Waals surface area contributed by atoms with E-state index in [0.29, 0.717) is 19.6 Å². The van der Waals surface area contributed by atoms with Gasteiger partial charge in [0.15, 0.2) is 0 Å². The molecule has 5 rings (SSSR count). The monoisotopic (exact) mass is 473 g/mol. The second kappa shape index (κ2) is 10.4. The first kappa shape index (κ1) is 23.3. The number of hydrogen-bond donors (Lipinski definition) is 2. The lowest BCUT2D eigenvalue weighted by Gasteiger charge is -2.35. The van der Waals surface area contributed by atoms with Gasteiger partial charge in [0.25, 0.3) is 5.91 Å². The lowest BCUT2D eigenvalue weighted by atomic mass is 9.83. The third kappa shape index (κ3) is 4.86. The summed E-state index contributed by atoms with van der Waals surface area (Å²) >= 11 is 0. The van der Waals surface area contributed by atoms with Crippen LogP contribution in [0, 0.1) is 5.92 Å². The zero-order chi connectivity index (χ0) is 24.2. The Hall–Kier alpha value is -3.45. The Labute approximate surface area is 205 Å². The van der Waals surface area contributed by atoms with Crippen molar-refractivity contribution in [1.29, 1.82) is 0 Å². The van der Waals surface area contributed by atoms with Gasteiger partial charge in [0.1, 0.15) is 18.4 Å². The molecule has 2 fully saturated rings. The Balaban J connectivity index is 1.26. The molecule has 2 amide bonds. The standard InChI is InChI=1S/C28H31N3O4/c32-27(30-34)26(20-6-2-1-3-7-20)31-17-15-24(28(31)33)19-10-12-22(13-11-19)35-18-21-14-16-29-25-9-5-4-8-23(21)25/h4-5,8-14,16,20,24,26,34H,1-3,6-7,15,17-18H2,(H,30,32). The van der Waals surface area contributed by atoms with E-state index >= 15 is 0 Å². The molecule has 1 saturated heterocycles. The molecule has 2 aliphatic rings. The minimum Gasteiger partial charge on any atom is -0.489 e. The molecule has 2 N–H and O–H groups in total. The number of rotatable bonds is 7. The van der Waals surface area contributed by atoms with E-state index in [4.69, 9.17) is 4.74 Å². The van der Waals surface area contributed by atoms with Gasteiger partial charge >= 0.3 is 0 Å². The highest BCUT2D eigenvalue weighted by atomic mass is 16.5. The molecular formula is C28H31N3O4. The summed E-state index contributed by atoms with van der Waals surface area (Å²) < 4.78 is 6.03. The van der Waals surface area contributed by atoms with Crippen molar-refractivity contribution in [3.8, 4) is 5.75 Å². The Kier molecular flexibility index (Phi) is 6.95. The molecule has 7 heteroatoms. The normalized spacial score (nSPS) is 19.6. The fourth-order valence-electron chi connectivity index (χ4n) is 5.65. The van der Waals surface area contributed by atoms with E-state index in [1.807, 2.05) is 60.1 Å². The van der Waals surface area contributed by atoms with Gasteiger partial charge in [-0.25, -0.2) is 5.48 Å². The Morgan fingerprint density at radius 2 is 1.83 bits per heavy atom. The molecule has 2 unspecified atom stereocenters. The van der Waals surface area contributed by atoms with Gasteiger partial charge in [-0.15, -0.1) is 0 Å². The summed E-state index contributed by atoms with van der Waals surface area (Å²) in [5.74, 6) is 0.0282. The maximum atomic E-state index is 13.4. The number of carbonyl (C=O) groups is 2. The van der Waals surface area contributed by atoms with Crippen LogP contribution < -0.4 is 10.2 Å². The van der Waals surface area contributed by atoms with Crippen LogP contribution in [0.4, 0.5) is 0 Å². The predicted octanol–water partition coefficient (Wildman–Crippen LogP) is 4.58. The quantitative estimate of drug-likeness (QED) is 0.387. The van der Waals surface area contributed by atoms with Gasteiger partial charge in [-0.05, 0) is 55.0 Å². The fraction of sp³-hybridized carbons (Fsp3) is 0.393. The van der Waals surface area contributed by atoms with Gasteiger partial charge in [0, 0.05) is 23.7 Å². The largest absolute Gasteiger partial charge is 0.489 e. The van der Waals surface area contributed by atoms with E-state index in [1.165, 1.54) is 0 Å². The number of aromatic nitrogens is 1. The van der Waals surface area contributed by atoms with Crippen molar-refractivity contribution in [2.75, 3.05) is 6.54 Å². The van der Waals surface area contributed by atoms with Crippen molar-refractivity contribution in [3.63, 3.8) is 0 Å². The van der Waals surface area contributed by atoms with Crippen molar-refractivity contribution in [2.24, 2.45) is 5.92 Å². The molecule has 3 aromatic rings. The molecule has 0 bridgehead atoms. The molecule has 1 aliphatic heterocycles. The van der Waals surface area contributed by atoms with Crippen molar-refractivity contribution < 1.29 is 19.5 Å². The van der Waals surface area contributed by atoms with Gasteiger partial charge in [-0.1, -0.05) is 49.6 Å². The Morgan fingerprint density at radius 3 is 2.60 bits per heavy atom. The van der Waals surface area contributed by atoms with Crippen LogP contribution in [0.5, 0.6) is 5.75 Å². The van der Waals surface area contributed by atoms with Crippen LogP contribution in [0.2, 0.25) is 0 Å². The molecule has 182 valence electrons. The molecule has 0 spiro atoms. The van der Waals surface area contributed by atoms with E-state index in [1.54, 1.807) is 11.1 Å². The third-order valence-electron chi connectivity index (χ3n) is 7.47. The second-order valence-corrected chi connectivity index (χ2v) is 9.54. The molecule has 2 aromatic carbocycles. The van der Waals surface area contributed by atoms with Gasteiger partial charge in [-0.2, -0.15) is 0 Å². The zero-order valence-electron chi connectivity index (χ0n) is 19.7. The highest BCUT2D eigenvalue weighted by Gasteiger charge is 2.43. The fourth-order valence-corrected chi connectivity index (χ4v) is 5.65. The third-order valence-corrected chi connectivity index (χ3v) is 7.47. The second-order valence-electron chi connectivity index (χ2n) is 9.54. The Morgan fingerprint density at radius 1 is 1.06 bits per heavy atom. The number of hydrogen-bond acceptors (Lipinski definition) is 5. The summed E-state index contributed by atoms with van der Waals surface area (Å²) in [6.07, 6.45) is 7.54. The zero-order valence-corrected chi connectivity index (χ0v) is 19.7. The first-order valence-electron chi connectivity index (χ1n) is 12.5. The molecular weight excluding hydrogens is 442 g/mol. The SMILES string of the molecule is O=C(NO)C(C1CCCCC1)N1CCC(c2ccc(OCc3ccnc4ccccc34)cc2)C1=O. The van der Waals surface area contributed by atoms with Gasteiger partial charge < -0.3 is 9.64 Å². The molecule has 2 heterocycles.